The second kappa shape index (κ2) is 4.50. The molecular weight excluding hydrogens is 317 g/mol. The third kappa shape index (κ3) is 2.10. The molecule has 0 aliphatic carbocycles. The summed E-state index contributed by atoms with van der Waals surface area (Å²) in [5.74, 6) is 1.06. The molecule has 2 aromatic rings. The van der Waals surface area contributed by atoms with Gasteiger partial charge in [0.2, 0.25) is 0 Å². The molecule has 16 heavy (non-hydrogen) atoms. The highest BCUT2D eigenvalue weighted by Crippen LogP contribution is 2.26. The zero-order valence-electron chi connectivity index (χ0n) is 9.07. The summed E-state index contributed by atoms with van der Waals surface area (Å²) in [6.45, 7) is 3.88. The van der Waals surface area contributed by atoms with Gasteiger partial charge in [-0.3, -0.25) is 0 Å². The second-order valence-electron chi connectivity index (χ2n) is 3.68. The summed E-state index contributed by atoms with van der Waals surface area (Å²) in [7, 11) is 0. The Morgan fingerprint density at radius 1 is 1.44 bits per heavy atom. The molecule has 0 saturated carbocycles. The molecule has 0 amide bonds. The van der Waals surface area contributed by atoms with Crippen molar-refractivity contribution in [3.05, 3.63) is 33.2 Å². The largest absolute Gasteiger partial charge is 0.334 e. The van der Waals surface area contributed by atoms with E-state index in [0.29, 0.717) is 11.7 Å². The minimum absolute atomic E-state index is 0.208. The highest BCUT2D eigenvalue weighted by atomic mass is 127. The first-order valence-corrected chi connectivity index (χ1v) is 6.02. The molecule has 0 spiro atoms. The smallest absolute Gasteiger partial charge is 0.259 e. The predicted molar refractivity (Wildman–Crippen MR) is 69.8 cm³/mol. The maximum Gasteiger partial charge on any atom is 0.259 e. The van der Waals surface area contributed by atoms with Gasteiger partial charge in [-0.1, -0.05) is 17.3 Å². The van der Waals surface area contributed by atoms with E-state index in [4.69, 9.17) is 10.3 Å². The maximum absolute atomic E-state index is 5.69. The van der Waals surface area contributed by atoms with E-state index in [1.807, 2.05) is 32.0 Å². The average molecular weight is 329 g/mol. The van der Waals surface area contributed by atoms with Crippen LogP contribution in [0.25, 0.3) is 11.5 Å². The molecule has 0 aliphatic heterocycles. The molecule has 5 heteroatoms. The molecule has 2 rings (SSSR count). The van der Waals surface area contributed by atoms with E-state index < -0.39 is 0 Å². The van der Waals surface area contributed by atoms with E-state index >= 15 is 0 Å². The van der Waals surface area contributed by atoms with Crippen LogP contribution in [-0.2, 0) is 0 Å². The summed E-state index contributed by atoms with van der Waals surface area (Å²) in [6, 6.07) is 5.78. The summed E-state index contributed by atoms with van der Waals surface area (Å²) in [6.07, 6.45) is 0. The van der Waals surface area contributed by atoms with Crippen molar-refractivity contribution in [2.75, 3.05) is 0 Å². The van der Waals surface area contributed by atoms with Crippen molar-refractivity contribution in [1.29, 1.82) is 0 Å². The number of nitrogens with zero attached hydrogens (tertiary/aromatic N) is 2. The van der Waals surface area contributed by atoms with Crippen molar-refractivity contribution in [3.8, 4) is 11.5 Å². The number of hydrogen-bond donors (Lipinski definition) is 1. The highest BCUT2D eigenvalue weighted by molar-refractivity contribution is 14.1. The van der Waals surface area contributed by atoms with Crippen molar-refractivity contribution in [2.24, 2.45) is 5.73 Å². The minimum Gasteiger partial charge on any atom is -0.334 e. The van der Waals surface area contributed by atoms with E-state index in [-0.39, 0.29) is 6.04 Å². The molecule has 1 atom stereocenters. The Bertz CT molecular complexity index is 508. The van der Waals surface area contributed by atoms with E-state index in [9.17, 15) is 0 Å². The van der Waals surface area contributed by atoms with Crippen molar-refractivity contribution < 1.29 is 4.52 Å². The number of aromatic nitrogens is 2. The lowest BCUT2D eigenvalue weighted by Gasteiger charge is -2.01. The van der Waals surface area contributed by atoms with Gasteiger partial charge in [0.25, 0.3) is 5.89 Å². The molecular formula is C11H12IN3O. The van der Waals surface area contributed by atoms with Crippen LogP contribution < -0.4 is 5.73 Å². The first-order valence-electron chi connectivity index (χ1n) is 4.94. The van der Waals surface area contributed by atoms with Gasteiger partial charge in [-0.25, -0.2) is 0 Å². The monoisotopic (exact) mass is 329 g/mol. The van der Waals surface area contributed by atoms with Crippen LogP contribution in [0.15, 0.2) is 22.7 Å². The Labute approximate surface area is 107 Å². The highest BCUT2D eigenvalue weighted by Gasteiger charge is 2.14. The zero-order valence-corrected chi connectivity index (χ0v) is 11.2. The van der Waals surface area contributed by atoms with Crippen LogP contribution in [0.3, 0.4) is 0 Å². The number of hydrogen-bond acceptors (Lipinski definition) is 4. The molecule has 1 aromatic heterocycles. The van der Waals surface area contributed by atoms with Crippen LogP contribution in [0.2, 0.25) is 0 Å². The van der Waals surface area contributed by atoms with Crippen LogP contribution in [0.1, 0.15) is 24.4 Å². The molecule has 84 valence electrons. The third-order valence-electron chi connectivity index (χ3n) is 2.27. The van der Waals surface area contributed by atoms with Crippen molar-refractivity contribution in [2.45, 2.75) is 19.9 Å². The van der Waals surface area contributed by atoms with E-state index in [0.717, 1.165) is 9.13 Å². The lowest BCUT2D eigenvalue weighted by molar-refractivity contribution is 0.418. The van der Waals surface area contributed by atoms with Crippen molar-refractivity contribution in [3.63, 3.8) is 0 Å². The zero-order chi connectivity index (χ0) is 11.7. The fraction of sp³-hybridized carbons (Fsp3) is 0.273. The lowest BCUT2D eigenvalue weighted by Crippen LogP contribution is -2.06. The lowest BCUT2D eigenvalue weighted by atomic mass is 10.1. The standard InChI is InChI=1S/C11H12IN3O/c1-6-4-3-5-8(9(6)12)11-14-10(7(2)13)15-16-11/h3-5,7H,13H2,1-2H3. The van der Waals surface area contributed by atoms with Crippen molar-refractivity contribution >= 4 is 22.6 Å². The molecule has 0 fully saturated rings. The number of rotatable bonds is 2. The van der Waals surface area contributed by atoms with Crippen LogP contribution in [0.4, 0.5) is 0 Å². The van der Waals surface area contributed by atoms with Crippen LogP contribution >= 0.6 is 22.6 Å². The Morgan fingerprint density at radius 3 is 2.81 bits per heavy atom. The van der Waals surface area contributed by atoms with Gasteiger partial charge < -0.3 is 10.3 Å². The summed E-state index contributed by atoms with van der Waals surface area (Å²) in [5.41, 5.74) is 7.84. The topological polar surface area (TPSA) is 64.9 Å². The first-order chi connectivity index (χ1) is 7.59. The van der Waals surface area contributed by atoms with Crippen LogP contribution in [-0.4, -0.2) is 10.1 Å². The molecule has 1 heterocycles. The molecule has 1 aromatic carbocycles. The van der Waals surface area contributed by atoms with Gasteiger partial charge in [-0.05, 0) is 48.1 Å². The molecule has 0 bridgehead atoms. The van der Waals surface area contributed by atoms with Crippen LogP contribution in [0, 0.1) is 10.5 Å². The maximum atomic E-state index is 5.69. The Hall–Kier alpha value is -0.950. The predicted octanol–water partition coefficient (Wildman–Crippen LogP) is 2.67. The molecule has 0 saturated heterocycles. The summed E-state index contributed by atoms with van der Waals surface area (Å²) >= 11 is 2.28. The van der Waals surface area contributed by atoms with E-state index in [1.54, 1.807) is 0 Å². The van der Waals surface area contributed by atoms with Gasteiger partial charge in [0.05, 0.1) is 11.6 Å². The van der Waals surface area contributed by atoms with Gasteiger partial charge in [0.1, 0.15) is 0 Å². The fourth-order valence-electron chi connectivity index (χ4n) is 1.34. The summed E-state index contributed by atoms with van der Waals surface area (Å²) in [5, 5.41) is 3.85. The molecule has 4 nitrogen and oxygen atoms in total. The Kier molecular flexibility index (Phi) is 3.25. The first kappa shape index (κ1) is 11.5. The van der Waals surface area contributed by atoms with E-state index in [1.165, 1.54) is 5.56 Å². The van der Waals surface area contributed by atoms with Gasteiger partial charge in [-0.2, -0.15) is 4.98 Å². The van der Waals surface area contributed by atoms with E-state index in [2.05, 4.69) is 32.7 Å². The molecule has 1 unspecified atom stereocenters. The second-order valence-corrected chi connectivity index (χ2v) is 4.76. The third-order valence-corrected chi connectivity index (χ3v) is 3.70. The van der Waals surface area contributed by atoms with Gasteiger partial charge in [0, 0.05) is 3.57 Å². The number of nitrogens with two attached hydrogens (primary N) is 1. The summed E-state index contributed by atoms with van der Waals surface area (Å²) in [4.78, 5) is 4.27. The SMILES string of the molecule is Cc1cccc(-c2nc(C(C)N)no2)c1I. The molecule has 0 radical (unpaired) electrons. The van der Waals surface area contributed by atoms with Gasteiger partial charge >= 0.3 is 0 Å². The Morgan fingerprint density at radius 2 is 2.19 bits per heavy atom. The Balaban J connectivity index is 2.47. The normalized spacial score (nSPS) is 12.8. The van der Waals surface area contributed by atoms with Gasteiger partial charge in [0.15, 0.2) is 5.82 Å². The van der Waals surface area contributed by atoms with Gasteiger partial charge in [-0.15, -0.1) is 0 Å². The average Bonchev–Trinajstić information content (AvgIpc) is 2.71. The number of halogens is 1. The van der Waals surface area contributed by atoms with Crippen LogP contribution in [0.5, 0.6) is 0 Å². The summed E-state index contributed by atoms with van der Waals surface area (Å²) < 4.78 is 6.33. The van der Waals surface area contributed by atoms with Crippen molar-refractivity contribution in [1.82, 2.24) is 10.1 Å². The number of aryl methyl sites for hydroxylation is 1. The quantitative estimate of drug-likeness (QED) is 0.861. The minimum atomic E-state index is -0.208. The molecule has 2 N–H and O–H groups in total. The fourth-order valence-corrected chi connectivity index (χ4v) is 1.93. The molecule has 0 aliphatic rings. The number of benzene rings is 1.